The third kappa shape index (κ3) is 5.02. The maximum absolute atomic E-state index is 11.9. The summed E-state index contributed by atoms with van der Waals surface area (Å²) in [5.74, 6) is 0.527. The second-order valence-corrected chi connectivity index (χ2v) is 5.37. The van der Waals surface area contributed by atoms with Gasteiger partial charge in [-0.25, -0.2) is 0 Å². The molecule has 0 saturated heterocycles. The first kappa shape index (κ1) is 17.5. The summed E-state index contributed by atoms with van der Waals surface area (Å²) in [5, 5.41) is 21.3. The number of amides is 1. The fourth-order valence-corrected chi connectivity index (χ4v) is 1.92. The Kier molecular flexibility index (Phi) is 6.65. The maximum Gasteiger partial charge on any atom is 0.224 e. The van der Waals surface area contributed by atoms with E-state index in [9.17, 15) is 15.0 Å². The number of ether oxygens (including phenoxy) is 1. The van der Waals surface area contributed by atoms with Gasteiger partial charge in [0.15, 0.2) is 0 Å². The van der Waals surface area contributed by atoms with Crippen molar-refractivity contribution in [3.63, 3.8) is 0 Å². The smallest absolute Gasteiger partial charge is 0.224 e. The minimum absolute atomic E-state index is 0.176. The van der Waals surface area contributed by atoms with Crippen molar-refractivity contribution in [3.8, 4) is 5.75 Å². The van der Waals surface area contributed by atoms with Crippen LogP contribution >= 0.6 is 0 Å². The molecule has 0 fully saturated rings. The van der Waals surface area contributed by atoms with Crippen LogP contribution in [0.25, 0.3) is 0 Å². The Labute approximate surface area is 125 Å². The topological polar surface area (TPSA) is 78.8 Å². The molecule has 0 aliphatic heterocycles. The molecule has 3 N–H and O–H groups in total. The summed E-state index contributed by atoms with van der Waals surface area (Å²) in [6.45, 7) is 5.42. The standard InChI is InChI=1S/C16H25NO4/c1-4-16(10-18,11-19)17-15(20)7-8-21-14-9-12(2)5-6-13(14)3/h5-6,9,18-19H,4,7-8,10-11H2,1-3H3,(H,17,20). The Morgan fingerprint density at radius 3 is 2.52 bits per heavy atom. The van der Waals surface area contributed by atoms with E-state index >= 15 is 0 Å². The van der Waals surface area contributed by atoms with Gasteiger partial charge in [-0.3, -0.25) is 4.79 Å². The molecule has 0 saturated carbocycles. The van der Waals surface area contributed by atoms with Gasteiger partial charge in [0.2, 0.25) is 5.91 Å². The highest BCUT2D eigenvalue weighted by atomic mass is 16.5. The zero-order valence-electron chi connectivity index (χ0n) is 13.0. The molecule has 0 bridgehead atoms. The quantitative estimate of drug-likeness (QED) is 0.676. The van der Waals surface area contributed by atoms with Gasteiger partial charge in [-0.2, -0.15) is 0 Å². The summed E-state index contributed by atoms with van der Waals surface area (Å²) in [6.07, 6.45) is 0.638. The van der Waals surface area contributed by atoms with Gasteiger partial charge in [0.05, 0.1) is 31.8 Å². The number of nitrogens with one attached hydrogen (secondary N) is 1. The van der Waals surface area contributed by atoms with E-state index in [2.05, 4.69) is 5.32 Å². The van der Waals surface area contributed by atoms with Crippen LogP contribution in [0.3, 0.4) is 0 Å². The van der Waals surface area contributed by atoms with E-state index in [1.165, 1.54) is 0 Å². The van der Waals surface area contributed by atoms with E-state index in [0.717, 1.165) is 16.9 Å². The van der Waals surface area contributed by atoms with E-state index in [1.54, 1.807) is 6.92 Å². The maximum atomic E-state index is 11.9. The molecular formula is C16H25NO4. The van der Waals surface area contributed by atoms with Crippen LogP contribution in [0.15, 0.2) is 18.2 Å². The van der Waals surface area contributed by atoms with Crippen molar-refractivity contribution in [2.45, 2.75) is 39.2 Å². The molecule has 0 aliphatic carbocycles. The number of hydrogen-bond donors (Lipinski definition) is 3. The first-order chi connectivity index (χ1) is 9.96. The Bertz CT molecular complexity index is 461. The molecule has 118 valence electrons. The number of carbonyl (C=O) groups is 1. The average Bonchev–Trinajstić information content (AvgIpc) is 2.48. The van der Waals surface area contributed by atoms with Crippen LogP contribution in [0.2, 0.25) is 0 Å². The molecule has 1 aromatic carbocycles. The highest BCUT2D eigenvalue weighted by Gasteiger charge is 2.28. The number of aliphatic hydroxyl groups excluding tert-OH is 2. The van der Waals surface area contributed by atoms with Crippen molar-refractivity contribution >= 4 is 5.91 Å². The Morgan fingerprint density at radius 2 is 1.95 bits per heavy atom. The second kappa shape index (κ2) is 8.00. The summed E-state index contributed by atoms with van der Waals surface area (Å²) in [6, 6.07) is 5.92. The molecular weight excluding hydrogens is 270 g/mol. The van der Waals surface area contributed by atoms with Crippen molar-refractivity contribution in [3.05, 3.63) is 29.3 Å². The molecule has 5 nitrogen and oxygen atoms in total. The molecule has 0 atom stereocenters. The molecule has 0 spiro atoms. The van der Waals surface area contributed by atoms with Gasteiger partial charge in [0, 0.05) is 0 Å². The van der Waals surface area contributed by atoms with Gasteiger partial charge >= 0.3 is 0 Å². The average molecular weight is 295 g/mol. The molecule has 0 heterocycles. The van der Waals surface area contributed by atoms with Gasteiger partial charge < -0.3 is 20.3 Å². The number of rotatable bonds is 8. The van der Waals surface area contributed by atoms with E-state index in [4.69, 9.17) is 4.74 Å². The SMILES string of the molecule is CCC(CO)(CO)NC(=O)CCOc1cc(C)ccc1C. The molecule has 1 aromatic rings. The zero-order chi connectivity index (χ0) is 15.9. The summed E-state index contributed by atoms with van der Waals surface area (Å²) in [4.78, 5) is 11.9. The highest BCUT2D eigenvalue weighted by Crippen LogP contribution is 2.19. The first-order valence-electron chi connectivity index (χ1n) is 7.19. The Morgan fingerprint density at radius 1 is 1.29 bits per heavy atom. The third-order valence-corrected chi connectivity index (χ3v) is 3.62. The van der Waals surface area contributed by atoms with Gasteiger partial charge in [-0.05, 0) is 37.5 Å². The lowest BCUT2D eigenvalue weighted by Gasteiger charge is -2.29. The van der Waals surface area contributed by atoms with E-state index in [0.29, 0.717) is 6.42 Å². The largest absolute Gasteiger partial charge is 0.493 e. The third-order valence-electron chi connectivity index (χ3n) is 3.62. The summed E-state index contributed by atoms with van der Waals surface area (Å²) in [5.41, 5.74) is 1.18. The Balaban J connectivity index is 2.48. The molecule has 0 aromatic heterocycles. The van der Waals surface area contributed by atoms with Crippen molar-refractivity contribution < 1.29 is 19.7 Å². The van der Waals surface area contributed by atoms with Crippen LogP contribution in [0, 0.1) is 13.8 Å². The lowest BCUT2D eigenvalue weighted by Crippen LogP contribution is -2.54. The molecule has 1 rings (SSSR count). The van der Waals surface area contributed by atoms with Crippen LogP contribution < -0.4 is 10.1 Å². The predicted molar refractivity (Wildman–Crippen MR) is 81.4 cm³/mol. The molecule has 0 unspecified atom stereocenters. The predicted octanol–water partition coefficient (Wildman–Crippen LogP) is 1.32. The zero-order valence-corrected chi connectivity index (χ0v) is 13.0. The minimum atomic E-state index is -0.948. The highest BCUT2D eigenvalue weighted by molar-refractivity contribution is 5.77. The fourth-order valence-electron chi connectivity index (χ4n) is 1.92. The van der Waals surface area contributed by atoms with Crippen LogP contribution in [0.1, 0.15) is 30.9 Å². The summed E-state index contributed by atoms with van der Waals surface area (Å²) >= 11 is 0. The lowest BCUT2D eigenvalue weighted by atomic mass is 9.98. The molecule has 0 aliphatic rings. The normalized spacial score (nSPS) is 11.3. The van der Waals surface area contributed by atoms with Crippen LogP contribution in [-0.4, -0.2) is 41.5 Å². The van der Waals surface area contributed by atoms with Crippen LogP contribution in [0.5, 0.6) is 5.75 Å². The van der Waals surface area contributed by atoms with Crippen molar-refractivity contribution in [2.75, 3.05) is 19.8 Å². The number of aryl methyl sites for hydroxylation is 2. The number of benzene rings is 1. The molecule has 21 heavy (non-hydrogen) atoms. The summed E-state index contributed by atoms with van der Waals surface area (Å²) in [7, 11) is 0. The van der Waals surface area contributed by atoms with E-state index in [1.807, 2.05) is 32.0 Å². The number of hydrogen-bond acceptors (Lipinski definition) is 4. The van der Waals surface area contributed by atoms with Crippen molar-refractivity contribution in [1.82, 2.24) is 5.32 Å². The van der Waals surface area contributed by atoms with E-state index in [-0.39, 0.29) is 32.1 Å². The van der Waals surface area contributed by atoms with Crippen LogP contribution in [0.4, 0.5) is 0 Å². The second-order valence-electron chi connectivity index (χ2n) is 5.37. The van der Waals surface area contributed by atoms with Gasteiger partial charge in [0.25, 0.3) is 0 Å². The summed E-state index contributed by atoms with van der Waals surface area (Å²) < 4.78 is 5.62. The fraction of sp³-hybridized carbons (Fsp3) is 0.562. The first-order valence-corrected chi connectivity index (χ1v) is 7.19. The van der Waals surface area contributed by atoms with Crippen molar-refractivity contribution in [2.24, 2.45) is 0 Å². The minimum Gasteiger partial charge on any atom is -0.493 e. The van der Waals surface area contributed by atoms with Gasteiger partial charge in [0.1, 0.15) is 5.75 Å². The molecule has 1 amide bonds. The van der Waals surface area contributed by atoms with E-state index < -0.39 is 5.54 Å². The molecule has 0 radical (unpaired) electrons. The Hall–Kier alpha value is -1.59. The van der Waals surface area contributed by atoms with Gasteiger partial charge in [-0.15, -0.1) is 0 Å². The number of carbonyl (C=O) groups excluding carboxylic acids is 1. The van der Waals surface area contributed by atoms with Gasteiger partial charge in [-0.1, -0.05) is 19.1 Å². The lowest BCUT2D eigenvalue weighted by molar-refractivity contribution is -0.125. The van der Waals surface area contributed by atoms with Crippen molar-refractivity contribution in [1.29, 1.82) is 0 Å². The van der Waals surface area contributed by atoms with Crippen LogP contribution in [-0.2, 0) is 4.79 Å². The monoisotopic (exact) mass is 295 g/mol. The number of aliphatic hydroxyl groups is 2. The molecule has 5 heteroatoms.